The molecule has 1 N–H and O–H groups in total. The molecular formula is C20H22ClNO5. The molecule has 1 atom stereocenters. The summed E-state index contributed by atoms with van der Waals surface area (Å²) in [6.45, 7) is 0.644. The van der Waals surface area contributed by atoms with Gasteiger partial charge in [-0.3, -0.25) is 4.79 Å². The maximum absolute atomic E-state index is 12.6. The van der Waals surface area contributed by atoms with Crippen LogP contribution in [0.2, 0.25) is 5.02 Å². The smallest absolute Gasteiger partial charge is 0.227 e. The van der Waals surface area contributed by atoms with Gasteiger partial charge in [0, 0.05) is 23.2 Å². The first-order valence-electron chi connectivity index (χ1n) is 8.53. The summed E-state index contributed by atoms with van der Waals surface area (Å²) in [6, 6.07) is 8.99. The Kier molecular flexibility index (Phi) is 5.96. The Labute approximate surface area is 163 Å². The quantitative estimate of drug-likeness (QED) is 0.818. The third kappa shape index (κ3) is 4.22. The average molecular weight is 392 g/mol. The summed E-state index contributed by atoms with van der Waals surface area (Å²) >= 11 is 6.04. The van der Waals surface area contributed by atoms with Gasteiger partial charge in [0.25, 0.3) is 0 Å². The Balaban J connectivity index is 1.69. The van der Waals surface area contributed by atoms with Crippen molar-refractivity contribution in [3.8, 4) is 23.0 Å². The molecular weight excluding hydrogens is 370 g/mol. The molecule has 0 spiro atoms. The van der Waals surface area contributed by atoms with Crippen molar-refractivity contribution in [2.24, 2.45) is 5.92 Å². The summed E-state index contributed by atoms with van der Waals surface area (Å²) in [5.74, 6) is 2.18. The fourth-order valence-electron chi connectivity index (χ4n) is 3.09. The minimum Gasteiger partial charge on any atom is -0.496 e. The van der Waals surface area contributed by atoms with Gasteiger partial charge in [0.05, 0.1) is 27.2 Å². The monoisotopic (exact) mass is 391 g/mol. The number of halogens is 1. The number of hydrogen-bond donors (Lipinski definition) is 1. The molecule has 1 aliphatic heterocycles. The Bertz CT molecular complexity index is 839. The van der Waals surface area contributed by atoms with Crippen molar-refractivity contribution in [1.82, 2.24) is 5.32 Å². The average Bonchev–Trinajstić information content (AvgIpc) is 2.70. The van der Waals surface area contributed by atoms with E-state index in [4.69, 9.17) is 30.5 Å². The highest BCUT2D eigenvalue weighted by Gasteiger charge is 2.26. The number of nitrogens with one attached hydrogen (secondary N) is 1. The third-order valence-electron chi connectivity index (χ3n) is 4.54. The first-order chi connectivity index (χ1) is 13.0. The van der Waals surface area contributed by atoms with Gasteiger partial charge in [0.15, 0.2) is 11.5 Å². The van der Waals surface area contributed by atoms with Gasteiger partial charge in [-0.05, 0) is 36.2 Å². The van der Waals surface area contributed by atoms with Crippen LogP contribution in [-0.4, -0.2) is 33.8 Å². The zero-order valence-electron chi connectivity index (χ0n) is 15.5. The number of fused-ring (bicyclic) bond motifs is 1. The van der Waals surface area contributed by atoms with Crippen molar-refractivity contribution >= 4 is 17.5 Å². The normalized spacial score (nSPS) is 15.3. The molecule has 6 nitrogen and oxygen atoms in total. The molecule has 2 aromatic carbocycles. The lowest BCUT2D eigenvalue weighted by Gasteiger charge is -2.25. The molecule has 3 rings (SSSR count). The molecule has 0 saturated heterocycles. The topological polar surface area (TPSA) is 66.0 Å². The molecule has 0 bridgehead atoms. The molecule has 0 fully saturated rings. The van der Waals surface area contributed by atoms with E-state index in [-0.39, 0.29) is 11.8 Å². The van der Waals surface area contributed by atoms with E-state index in [9.17, 15) is 4.79 Å². The van der Waals surface area contributed by atoms with Crippen molar-refractivity contribution in [3.05, 3.63) is 46.5 Å². The Morgan fingerprint density at radius 1 is 1.11 bits per heavy atom. The predicted molar refractivity (Wildman–Crippen MR) is 102 cm³/mol. The highest BCUT2D eigenvalue weighted by atomic mass is 35.5. The van der Waals surface area contributed by atoms with Crippen molar-refractivity contribution in [2.75, 3.05) is 27.9 Å². The van der Waals surface area contributed by atoms with E-state index < -0.39 is 0 Å². The summed E-state index contributed by atoms with van der Waals surface area (Å²) < 4.78 is 21.7. The van der Waals surface area contributed by atoms with Crippen molar-refractivity contribution < 1.29 is 23.7 Å². The number of carbonyl (C=O) groups excluding carboxylic acids is 1. The van der Waals surface area contributed by atoms with Crippen LogP contribution in [0.25, 0.3) is 0 Å². The third-order valence-corrected chi connectivity index (χ3v) is 4.77. The summed E-state index contributed by atoms with van der Waals surface area (Å²) in [4.78, 5) is 12.6. The van der Waals surface area contributed by atoms with Gasteiger partial charge in [-0.15, -0.1) is 0 Å². The van der Waals surface area contributed by atoms with Crippen LogP contribution in [0.4, 0.5) is 0 Å². The lowest BCUT2D eigenvalue weighted by Crippen LogP contribution is -2.37. The minimum absolute atomic E-state index is 0.0857. The van der Waals surface area contributed by atoms with Crippen LogP contribution in [0, 0.1) is 5.92 Å². The van der Waals surface area contributed by atoms with E-state index in [0.29, 0.717) is 41.8 Å². The van der Waals surface area contributed by atoms with Gasteiger partial charge in [0.1, 0.15) is 18.1 Å². The predicted octanol–water partition coefficient (Wildman–Crippen LogP) is 3.23. The molecule has 2 aromatic rings. The SMILES string of the molecule is COc1cc(OC)c(OC)cc1CNC(=O)[C@H]1COc2ccc(Cl)cc2C1. The molecule has 0 radical (unpaired) electrons. The van der Waals surface area contributed by atoms with Gasteiger partial charge >= 0.3 is 0 Å². The summed E-state index contributed by atoms with van der Waals surface area (Å²) in [5.41, 5.74) is 1.74. The second-order valence-corrected chi connectivity index (χ2v) is 6.64. The highest BCUT2D eigenvalue weighted by Crippen LogP contribution is 2.35. The van der Waals surface area contributed by atoms with Crippen LogP contribution >= 0.6 is 11.6 Å². The number of carbonyl (C=O) groups is 1. The summed E-state index contributed by atoms with van der Waals surface area (Å²) in [7, 11) is 4.70. The van der Waals surface area contributed by atoms with E-state index in [1.54, 1.807) is 39.5 Å². The lowest BCUT2D eigenvalue weighted by atomic mass is 9.96. The molecule has 27 heavy (non-hydrogen) atoms. The van der Waals surface area contributed by atoms with E-state index in [1.807, 2.05) is 12.1 Å². The lowest BCUT2D eigenvalue weighted by molar-refractivity contribution is -0.126. The fraction of sp³-hybridized carbons (Fsp3) is 0.350. The number of hydrogen-bond acceptors (Lipinski definition) is 5. The molecule has 144 valence electrons. The maximum atomic E-state index is 12.6. The largest absolute Gasteiger partial charge is 0.496 e. The van der Waals surface area contributed by atoms with Crippen molar-refractivity contribution in [2.45, 2.75) is 13.0 Å². The van der Waals surface area contributed by atoms with Crippen molar-refractivity contribution in [3.63, 3.8) is 0 Å². The number of amides is 1. The van der Waals surface area contributed by atoms with Gasteiger partial charge in [-0.1, -0.05) is 11.6 Å². The van der Waals surface area contributed by atoms with Gasteiger partial charge in [0.2, 0.25) is 5.91 Å². The standard InChI is InChI=1S/C20H22ClNO5/c1-24-17-9-19(26-3)18(25-2)8-13(17)10-22-20(23)14-6-12-7-15(21)4-5-16(12)27-11-14/h4-5,7-9,14H,6,10-11H2,1-3H3,(H,22,23)/t14-/m1/s1. The van der Waals surface area contributed by atoms with E-state index in [1.165, 1.54) is 0 Å². The Morgan fingerprint density at radius 2 is 1.81 bits per heavy atom. The zero-order chi connectivity index (χ0) is 19.4. The van der Waals surface area contributed by atoms with Crippen LogP contribution in [0.15, 0.2) is 30.3 Å². The number of benzene rings is 2. The fourth-order valence-corrected chi connectivity index (χ4v) is 3.28. The first-order valence-corrected chi connectivity index (χ1v) is 8.91. The van der Waals surface area contributed by atoms with Crippen LogP contribution in [0.1, 0.15) is 11.1 Å². The molecule has 1 heterocycles. The molecule has 7 heteroatoms. The minimum atomic E-state index is -0.276. The van der Waals surface area contributed by atoms with Crippen LogP contribution in [0.3, 0.4) is 0 Å². The van der Waals surface area contributed by atoms with E-state index >= 15 is 0 Å². The zero-order valence-corrected chi connectivity index (χ0v) is 16.3. The number of ether oxygens (including phenoxy) is 4. The van der Waals surface area contributed by atoms with Gasteiger partial charge in [-0.25, -0.2) is 0 Å². The number of methoxy groups -OCH3 is 3. The maximum Gasteiger partial charge on any atom is 0.227 e. The molecule has 1 amide bonds. The van der Waals surface area contributed by atoms with Gasteiger partial charge < -0.3 is 24.3 Å². The number of rotatable bonds is 6. The van der Waals surface area contributed by atoms with Crippen LogP contribution in [0.5, 0.6) is 23.0 Å². The highest BCUT2D eigenvalue weighted by molar-refractivity contribution is 6.30. The molecule has 0 unspecified atom stereocenters. The van der Waals surface area contributed by atoms with Crippen LogP contribution in [-0.2, 0) is 17.8 Å². The Morgan fingerprint density at radius 3 is 2.52 bits per heavy atom. The van der Waals surface area contributed by atoms with E-state index in [2.05, 4.69) is 5.32 Å². The van der Waals surface area contributed by atoms with Gasteiger partial charge in [-0.2, -0.15) is 0 Å². The van der Waals surface area contributed by atoms with Crippen molar-refractivity contribution in [1.29, 1.82) is 0 Å². The second kappa shape index (κ2) is 8.39. The molecule has 1 aliphatic rings. The Hall–Kier alpha value is -2.60. The second-order valence-electron chi connectivity index (χ2n) is 6.20. The molecule has 0 aliphatic carbocycles. The molecule has 0 aromatic heterocycles. The van der Waals surface area contributed by atoms with E-state index in [0.717, 1.165) is 16.9 Å². The summed E-state index contributed by atoms with van der Waals surface area (Å²) in [6.07, 6.45) is 0.588. The molecule has 0 saturated carbocycles. The first kappa shape index (κ1) is 19.2. The summed E-state index contributed by atoms with van der Waals surface area (Å²) in [5, 5.41) is 3.58. The van der Waals surface area contributed by atoms with Crippen LogP contribution < -0.4 is 24.3 Å².